The highest BCUT2D eigenvalue weighted by molar-refractivity contribution is 5.84. The first kappa shape index (κ1) is 6.97. The highest BCUT2D eigenvalue weighted by Gasteiger charge is 2.00. The second-order valence-electron chi connectivity index (χ2n) is 2.56. The number of rotatable bonds is 1. The monoisotopic (exact) mass is 161 g/mol. The van der Waals surface area contributed by atoms with Crippen molar-refractivity contribution in [3.8, 4) is 0 Å². The third-order valence-electron chi connectivity index (χ3n) is 1.64. The molecular formula is C8H7N3O. The average molecular weight is 161 g/mol. The molecule has 0 amide bonds. The quantitative estimate of drug-likeness (QED) is 0.636. The smallest absolute Gasteiger partial charge is 0.166 e. The first-order valence-electron chi connectivity index (χ1n) is 3.57. The van der Waals surface area contributed by atoms with E-state index < -0.39 is 0 Å². The molecule has 4 nitrogen and oxygen atoms in total. The minimum absolute atomic E-state index is 0.532. The van der Waals surface area contributed by atoms with E-state index in [4.69, 9.17) is 0 Å². The van der Waals surface area contributed by atoms with Crippen LogP contribution in [0.25, 0.3) is 11.0 Å². The maximum atomic E-state index is 10.4. The van der Waals surface area contributed by atoms with Gasteiger partial charge >= 0.3 is 0 Å². The minimum atomic E-state index is 0.532. The van der Waals surface area contributed by atoms with Crippen LogP contribution in [0.1, 0.15) is 16.3 Å². The Bertz CT molecular complexity index is 433. The number of H-pyrrole nitrogens is 1. The first-order chi connectivity index (χ1) is 5.79. The summed E-state index contributed by atoms with van der Waals surface area (Å²) in [5, 5.41) is 0.864. The summed E-state index contributed by atoms with van der Waals surface area (Å²) < 4.78 is 0. The average Bonchev–Trinajstić information content (AvgIpc) is 2.46. The largest absolute Gasteiger partial charge is 0.337 e. The predicted octanol–water partition coefficient (Wildman–Crippen LogP) is 1.08. The summed E-state index contributed by atoms with van der Waals surface area (Å²) >= 11 is 0. The third kappa shape index (κ3) is 0.972. The summed E-state index contributed by atoms with van der Waals surface area (Å²) in [7, 11) is 0. The van der Waals surface area contributed by atoms with Gasteiger partial charge in [0.25, 0.3) is 0 Å². The van der Waals surface area contributed by atoms with Crippen molar-refractivity contribution in [1.82, 2.24) is 15.0 Å². The standard InChI is InChI=1S/C8H7N3O/c1-5-9-3-6-2-7(4-12)11-8(6)10-5/h2-4H,1H3,(H,9,10,11). The van der Waals surface area contributed by atoms with E-state index >= 15 is 0 Å². The number of aldehydes is 1. The van der Waals surface area contributed by atoms with Gasteiger partial charge in [0.2, 0.25) is 0 Å². The van der Waals surface area contributed by atoms with Crippen LogP contribution in [0, 0.1) is 6.92 Å². The van der Waals surface area contributed by atoms with Crippen molar-refractivity contribution < 1.29 is 4.79 Å². The molecule has 0 unspecified atom stereocenters. The zero-order valence-electron chi connectivity index (χ0n) is 6.53. The number of fused-ring (bicyclic) bond motifs is 1. The highest BCUT2D eigenvalue weighted by Crippen LogP contribution is 2.10. The molecular weight excluding hydrogens is 154 g/mol. The van der Waals surface area contributed by atoms with Crippen LogP contribution < -0.4 is 0 Å². The molecule has 2 aromatic heterocycles. The van der Waals surface area contributed by atoms with Gasteiger partial charge in [0.05, 0.1) is 5.69 Å². The van der Waals surface area contributed by atoms with Gasteiger partial charge in [-0.15, -0.1) is 0 Å². The van der Waals surface area contributed by atoms with Gasteiger partial charge in [0.15, 0.2) is 6.29 Å². The minimum Gasteiger partial charge on any atom is -0.337 e. The molecule has 1 N–H and O–H groups in total. The Balaban J connectivity index is 2.75. The van der Waals surface area contributed by atoms with Gasteiger partial charge < -0.3 is 4.98 Å². The number of aryl methyl sites for hydroxylation is 1. The van der Waals surface area contributed by atoms with E-state index in [0.29, 0.717) is 17.2 Å². The summed E-state index contributed by atoms with van der Waals surface area (Å²) in [5.41, 5.74) is 1.24. The normalized spacial score (nSPS) is 10.4. The number of carbonyl (C=O) groups excluding carboxylic acids is 1. The summed E-state index contributed by atoms with van der Waals surface area (Å²) in [6, 6.07) is 1.72. The number of carbonyl (C=O) groups is 1. The second kappa shape index (κ2) is 2.41. The van der Waals surface area contributed by atoms with Crippen molar-refractivity contribution >= 4 is 17.3 Å². The lowest BCUT2D eigenvalue weighted by molar-refractivity contribution is 0.112. The zero-order valence-corrected chi connectivity index (χ0v) is 6.53. The molecule has 0 bridgehead atoms. The second-order valence-corrected chi connectivity index (χ2v) is 2.56. The van der Waals surface area contributed by atoms with E-state index in [0.717, 1.165) is 11.7 Å². The Morgan fingerprint density at radius 1 is 1.58 bits per heavy atom. The van der Waals surface area contributed by atoms with Gasteiger partial charge in [0.1, 0.15) is 11.5 Å². The molecule has 2 heterocycles. The molecule has 0 aliphatic heterocycles. The molecule has 0 radical (unpaired) electrons. The maximum Gasteiger partial charge on any atom is 0.166 e. The van der Waals surface area contributed by atoms with Crippen molar-refractivity contribution in [2.24, 2.45) is 0 Å². The molecule has 4 heteroatoms. The predicted molar refractivity (Wildman–Crippen MR) is 44.0 cm³/mol. The Hall–Kier alpha value is -1.71. The van der Waals surface area contributed by atoms with Crippen molar-refractivity contribution in [3.05, 3.63) is 23.8 Å². The Kier molecular flexibility index (Phi) is 1.40. The van der Waals surface area contributed by atoms with Gasteiger partial charge in [-0.25, -0.2) is 9.97 Å². The molecule has 60 valence electrons. The van der Waals surface area contributed by atoms with Crippen molar-refractivity contribution in [2.75, 3.05) is 0 Å². The van der Waals surface area contributed by atoms with Crippen LogP contribution in [0.5, 0.6) is 0 Å². The van der Waals surface area contributed by atoms with Gasteiger partial charge in [0, 0.05) is 11.6 Å². The van der Waals surface area contributed by atoms with Crippen molar-refractivity contribution in [2.45, 2.75) is 6.92 Å². The van der Waals surface area contributed by atoms with E-state index in [1.54, 1.807) is 19.2 Å². The van der Waals surface area contributed by atoms with Gasteiger partial charge in [-0.1, -0.05) is 0 Å². The van der Waals surface area contributed by atoms with Crippen LogP contribution in [0.4, 0.5) is 0 Å². The molecule has 0 aliphatic carbocycles. The fraction of sp³-hybridized carbons (Fsp3) is 0.125. The van der Waals surface area contributed by atoms with E-state index in [-0.39, 0.29) is 0 Å². The zero-order chi connectivity index (χ0) is 8.55. The number of nitrogens with zero attached hydrogens (tertiary/aromatic N) is 2. The lowest BCUT2D eigenvalue weighted by atomic mass is 10.4. The molecule has 12 heavy (non-hydrogen) atoms. The van der Waals surface area contributed by atoms with Crippen molar-refractivity contribution in [3.63, 3.8) is 0 Å². The molecule has 0 saturated heterocycles. The lowest BCUT2D eigenvalue weighted by Gasteiger charge is -1.88. The Morgan fingerprint density at radius 2 is 2.42 bits per heavy atom. The third-order valence-corrected chi connectivity index (χ3v) is 1.64. The van der Waals surface area contributed by atoms with E-state index in [2.05, 4.69) is 15.0 Å². The lowest BCUT2D eigenvalue weighted by Crippen LogP contribution is -1.85. The fourth-order valence-corrected chi connectivity index (χ4v) is 1.09. The van der Waals surface area contributed by atoms with Crippen LogP contribution in [0.3, 0.4) is 0 Å². The van der Waals surface area contributed by atoms with Gasteiger partial charge in [-0.2, -0.15) is 0 Å². The first-order valence-corrected chi connectivity index (χ1v) is 3.57. The van der Waals surface area contributed by atoms with E-state index in [1.807, 2.05) is 0 Å². The fourth-order valence-electron chi connectivity index (χ4n) is 1.09. The van der Waals surface area contributed by atoms with Crippen LogP contribution >= 0.6 is 0 Å². The number of aromatic nitrogens is 3. The molecule has 0 fully saturated rings. The molecule has 0 aliphatic rings. The summed E-state index contributed by atoms with van der Waals surface area (Å²) in [5.74, 6) is 0.696. The molecule has 0 atom stereocenters. The summed E-state index contributed by atoms with van der Waals surface area (Å²) in [4.78, 5) is 21.4. The van der Waals surface area contributed by atoms with Crippen LogP contribution in [0.15, 0.2) is 12.3 Å². The molecule has 0 spiro atoms. The van der Waals surface area contributed by atoms with E-state index in [9.17, 15) is 4.79 Å². The molecule has 0 saturated carbocycles. The Morgan fingerprint density at radius 3 is 3.17 bits per heavy atom. The molecule has 2 aromatic rings. The summed E-state index contributed by atoms with van der Waals surface area (Å²) in [6.45, 7) is 1.81. The molecule has 0 aromatic carbocycles. The van der Waals surface area contributed by atoms with Gasteiger partial charge in [-0.05, 0) is 13.0 Å². The maximum absolute atomic E-state index is 10.4. The topological polar surface area (TPSA) is 58.6 Å². The van der Waals surface area contributed by atoms with Crippen LogP contribution in [-0.2, 0) is 0 Å². The highest BCUT2D eigenvalue weighted by atomic mass is 16.1. The SMILES string of the molecule is Cc1ncc2cc(C=O)[nH]c2n1. The number of hydrogen-bond donors (Lipinski definition) is 1. The van der Waals surface area contributed by atoms with Crippen molar-refractivity contribution in [1.29, 1.82) is 0 Å². The van der Waals surface area contributed by atoms with Crippen LogP contribution in [-0.4, -0.2) is 21.2 Å². The molecule has 2 rings (SSSR count). The van der Waals surface area contributed by atoms with E-state index in [1.165, 1.54) is 0 Å². The van der Waals surface area contributed by atoms with Crippen LogP contribution in [0.2, 0.25) is 0 Å². The summed E-state index contributed by atoms with van der Waals surface area (Å²) in [6.07, 6.45) is 2.46. The Labute approximate surface area is 68.7 Å². The number of hydrogen-bond acceptors (Lipinski definition) is 3. The van der Waals surface area contributed by atoms with Gasteiger partial charge in [-0.3, -0.25) is 4.79 Å². The number of nitrogens with one attached hydrogen (secondary N) is 1. The number of aromatic amines is 1.